The van der Waals surface area contributed by atoms with Crippen molar-refractivity contribution in [2.24, 2.45) is 5.41 Å². The molecule has 0 atom stereocenters. The molecule has 0 heterocycles. The summed E-state index contributed by atoms with van der Waals surface area (Å²) in [6.45, 7) is 9.21. The average Bonchev–Trinajstić information content (AvgIpc) is 2.45. The fourth-order valence-corrected chi connectivity index (χ4v) is 2.45. The lowest BCUT2D eigenvalue weighted by molar-refractivity contribution is 0.356. The third-order valence-corrected chi connectivity index (χ3v) is 3.83. The smallest absolute Gasteiger partial charge is 0.0169 e. The number of allylic oxidation sites excluding steroid dienone is 6. The molecule has 0 aliphatic heterocycles. The second kappa shape index (κ2) is 15.1. The van der Waals surface area contributed by atoms with Crippen LogP contribution in [0.5, 0.6) is 0 Å². The van der Waals surface area contributed by atoms with E-state index in [1.54, 1.807) is 0 Å². The molecular weight excluding hydrogens is 264 g/mol. The number of unbranched alkanes of at least 4 members (excludes halogenated alkanes) is 6. The lowest BCUT2D eigenvalue weighted by Crippen LogP contribution is -2.03. The molecule has 128 valence electrons. The van der Waals surface area contributed by atoms with Gasteiger partial charge in [0.1, 0.15) is 0 Å². The maximum absolute atomic E-state index is 2.35. The van der Waals surface area contributed by atoms with Crippen LogP contribution >= 0.6 is 0 Å². The predicted molar refractivity (Wildman–Crippen MR) is 103 cm³/mol. The molecule has 0 aromatic heterocycles. The summed E-state index contributed by atoms with van der Waals surface area (Å²) >= 11 is 0. The van der Waals surface area contributed by atoms with Crippen LogP contribution in [0.25, 0.3) is 0 Å². The van der Waals surface area contributed by atoms with Crippen LogP contribution in [0, 0.1) is 5.41 Å². The molecule has 0 aromatic rings. The zero-order chi connectivity index (χ0) is 16.5. The zero-order valence-electron chi connectivity index (χ0n) is 15.7. The summed E-state index contributed by atoms with van der Waals surface area (Å²) in [4.78, 5) is 0. The van der Waals surface area contributed by atoms with E-state index in [1.165, 1.54) is 51.4 Å². The minimum Gasteiger partial charge on any atom is -0.0885 e. The normalized spacial score (nSPS) is 13.1. The third kappa shape index (κ3) is 19.2. The van der Waals surface area contributed by atoms with E-state index in [9.17, 15) is 0 Å². The molecule has 0 N–H and O–H groups in total. The molecule has 0 spiro atoms. The van der Waals surface area contributed by atoms with E-state index in [0.29, 0.717) is 5.41 Å². The van der Waals surface area contributed by atoms with Crippen molar-refractivity contribution in [1.29, 1.82) is 0 Å². The van der Waals surface area contributed by atoms with E-state index < -0.39 is 0 Å². The summed E-state index contributed by atoms with van der Waals surface area (Å²) in [5, 5.41) is 0. The number of hydrogen-bond acceptors (Lipinski definition) is 0. The van der Waals surface area contributed by atoms with Gasteiger partial charge in [-0.25, -0.2) is 0 Å². The summed E-state index contributed by atoms with van der Waals surface area (Å²) in [6, 6.07) is 0. The van der Waals surface area contributed by atoms with Crippen molar-refractivity contribution in [3.63, 3.8) is 0 Å². The highest BCUT2D eigenvalue weighted by Crippen LogP contribution is 2.22. The van der Waals surface area contributed by atoms with Crippen LogP contribution in [0.15, 0.2) is 36.5 Å². The van der Waals surface area contributed by atoms with Crippen molar-refractivity contribution in [2.45, 2.75) is 98.3 Å². The first-order chi connectivity index (χ1) is 10.6. The average molecular weight is 305 g/mol. The molecule has 22 heavy (non-hydrogen) atoms. The summed E-state index contributed by atoms with van der Waals surface area (Å²) in [5.41, 5.74) is 0.519. The Morgan fingerprint density at radius 2 is 1.09 bits per heavy atom. The minimum atomic E-state index is 0.519. The molecule has 0 amide bonds. The van der Waals surface area contributed by atoms with Gasteiger partial charge < -0.3 is 0 Å². The molecule has 0 fully saturated rings. The molecular formula is C22H40. The van der Waals surface area contributed by atoms with Crippen LogP contribution in [0.3, 0.4) is 0 Å². The topological polar surface area (TPSA) is 0 Å². The van der Waals surface area contributed by atoms with Gasteiger partial charge in [-0.05, 0) is 43.9 Å². The van der Waals surface area contributed by atoms with E-state index >= 15 is 0 Å². The highest BCUT2D eigenvalue weighted by atomic mass is 14.1. The quantitative estimate of drug-likeness (QED) is 0.239. The molecule has 0 bridgehead atoms. The summed E-state index contributed by atoms with van der Waals surface area (Å²) in [7, 11) is 0. The van der Waals surface area contributed by atoms with Gasteiger partial charge in [0.2, 0.25) is 0 Å². The maximum atomic E-state index is 2.35. The Morgan fingerprint density at radius 3 is 1.68 bits per heavy atom. The van der Waals surface area contributed by atoms with Gasteiger partial charge in [0.25, 0.3) is 0 Å². The minimum absolute atomic E-state index is 0.519. The first kappa shape index (κ1) is 21.2. The van der Waals surface area contributed by atoms with Crippen LogP contribution in [0.2, 0.25) is 0 Å². The van der Waals surface area contributed by atoms with E-state index in [0.717, 1.165) is 19.3 Å². The van der Waals surface area contributed by atoms with Crippen molar-refractivity contribution in [1.82, 2.24) is 0 Å². The monoisotopic (exact) mass is 304 g/mol. The Morgan fingerprint density at radius 1 is 0.591 bits per heavy atom. The Hall–Kier alpha value is -0.780. The molecule has 0 aromatic carbocycles. The summed E-state index contributed by atoms with van der Waals surface area (Å²) in [6.07, 6.45) is 28.0. The first-order valence-electron chi connectivity index (χ1n) is 9.51. The summed E-state index contributed by atoms with van der Waals surface area (Å²) < 4.78 is 0. The van der Waals surface area contributed by atoms with Crippen LogP contribution in [-0.4, -0.2) is 0 Å². The van der Waals surface area contributed by atoms with Crippen molar-refractivity contribution in [2.75, 3.05) is 0 Å². The van der Waals surface area contributed by atoms with E-state index in [2.05, 4.69) is 64.2 Å². The zero-order valence-corrected chi connectivity index (χ0v) is 15.7. The van der Waals surface area contributed by atoms with E-state index in [-0.39, 0.29) is 0 Å². The molecule has 0 aliphatic carbocycles. The van der Waals surface area contributed by atoms with Crippen molar-refractivity contribution in [3.8, 4) is 0 Å². The second-order valence-electron chi connectivity index (χ2n) is 7.51. The standard InChI is InChI=1S/C22H40/c1-5-6-7-8-9-10-11-12-13-14-15-16-17-18-19-20-21-22(2,3)4/h6-7,9-10,12-13H,5,8,11,14-21H2,1-4H3/b7-6-,10-9+,13-12+. The molecule has 0 rings (SSSR count). The molecule has 0 unspecified atom stereocenters. The molecule has 0 heteroatoms. The van der Waals surface area contributed by atoms with Crippen LogP contribution in [0.4, 0.5) is 0 Å². The molecule has 0 nitrogen and oxygen atoms in total. The van der Waals surface area contributed by atoms with Gasteiger partial charge >= 0.3 is 0 Å². The predicted octanol–water partition coefficient (Wildman–Crippen LogP) is 8.01. The van der Waals surface area contributed by atoms with Crippen molar-refractivity contribution in [3.05, 3.63) is 36.5 Å². The largest absolute Gasteiger partial charge is 0.0885 e. The Bertz CT molecular complexity index is 298. The van der Waals surface area contributed by atoms with Crippen molar-refractivity contribution >= 4 is 0 Å². The highest BCUT2D eigenvalue weighted by molar-refractivity contribution is 4.96. The first-order valence-corrected chi connectivity index (χ1v) is 9.51. The van der Waals surface area contributed by atoms with Crippen LogP contribution in [0.1, 0.15) is 98.3 Å². The number of hydrogen-bond donors (Lipinski definition) is 0. The Balaban J connectivity index is 3.25. The van der Waals surface area contributed by atoms with Gasteiger partial charge in [0.05, 0.1) is 0 Å². The molecule has 0 aliphatic rings. The molecule has 0 saturated heterocycles. The fourth-order valence-electron chi connectivity index (χ4n) is 2.45. The lowest BCUT2D eigenvalue weighted by atomic mass is 9.89. The van der Waals surface area contributed by atoms with E-state index in [1.807, 2.05) is 0 Å². The van der Waals surface area contributed by atoms with Crippen LogP contribution < -0.4 is 0 Å². The summed E-state index contributed by atoms with van der Waals surface area (Å²) in [5.74, 6) is 0. The van der Waals surface area contributed by atoms with Crippen LogP contribution in [-0.2, 0) is 0 Å². The third-order valence-electron chi connectivity index (χ3n) is 3.83. The Kier molecular flexibility index (Phi) is 14.6. The molecule has 0 saturated carbocycles. The van der Waals surface area contributed by atoms with Crippen molar-refractivity contribution < 1.29 is 0 Å². The second-order valence-corrected chi connectivity index (χ2v) is 7.51. The number of rotatable bonds is 13. The van der Waals surface area contributed by atoms with Gasteiger partial charge in [0.15, 0.2) is 0 Å². The van der Waals surface area contributed by atoms with Gasteiger partial charge in [-0.3, -0.25) is 0 Å². The maximum Gasteiger partial charge on any atom is -0.0169 e. The molecule has 0 radical (unpaired) electrons. The lowest BCUT2D eigenvalue weighted by Gasteiger charge is -2.17. The van der Waals surface area contributed by atoms with E-state index in [4.69, 9.17) is 0 Å². The SMILES string of the molecule is CC/C=C\C/C=C/C/C=C/CCCCCCCCC(C)(C)C. The fraction of sp³-hybridized carbons (Fsp3) is 0.727. The Labute approximate surface area is 140 Å². The van der Waals surface area contributed by atoms with Gasteiger partial charge in [-0.15, -0.1) is 0 Å². The van der Waals surface area contributed by atoms with Gasteiger partial charge in [0, 0.05) is 0 Å². The highest BCUT2D eigenvalue weighted by Gasteiger charge is 2.08. The van der Waals surface area contributed by atoms with Gasteiger partial charge in [-0.1, -0.05) is 96.3 Å². The van der Waals surface area contributed by atoms with Gasteiger partial charge in [-0.2, -0.15) is 0 Å².